The number of aromatic nitrogens is 1. The molecule has 0 spiro atoms. The van der Waals surface area contributed by atoms with Crippen LogP contribution in [0.1, 0.15) is 13.8 Å². The summed E-state index contributed by atoms with van der Waals surface area (Å²) in [5.74, 6) is 1.09. The Balaban J connectivity index is 1.93. The van der Waals surface area contributed by atoms with Gasteiger partial charge in [-0.25, -0.2) is 4.98 Å². The van der Waals surface area contributed by atoms with Gasteiger partial charge in [0.1, 0.15) is 5.82 Å². The molecule has 3 heteroatoms. The summed E-state index contributed by atoms with van der Waals surface area (Å²) < 4.78 is 0. The molecule has 2 atom stereocenters. The Morgan fingerprint density at radius 2 is 1.78 bits per heavy atom. The van der Waals surface area contributed by atoms with Crippen molar-refractivity contribution in [1.82, 2.24) is 10.3 Å². The highest BCUT2D eigenvalue weighted by Crippen LogP contribution is 2.19. The van der Waals surface area contributed by atoms with Crippen LogP contribution in [0.3, 0.4) is 0 Å². The van der Waals surface area contributed by atoms with E-state index < -0.39 is 0 Å². The number of hydrogen-bond donors (Lipinski definition) is 1. The Bertz CT molecular complexity index is 542. The van der Waals surface area contributed by atoms with Gasteiger partial charge < -0.3 is 10.2 Å². The molecule has 1 fully saturated rings. The molecular weight excluding hydrogens is 222 g/mol. The quantitative estimate of drug-likeness (QED) is 0.831. The zero-order chi connectivity index (χ0) is 12.5. The summed E-state index contributed by atoms with van der Waals surface area (Å²) in [5, 5.41) is 4.75. The standard InChI is InChI=1S/C15H19N3/c1-11-9-18(10-12(2)16-11)15-8-7-13-5-3-4-6-14(13)17-15/h3-8,11-12,16H,9-10H2,1-2H3/t11-,12+. The van der Waals surface area contributed by atoms with E-state index >= 15 is 0 Å². The second-order valence-corrected chi connectivity index (χ2v) is 5.24. The van der Waals surface area contributed by atoms with Crippen molar-refractivity contribution < 1.29 is 0 Å². The highest BCUT2D eigenvalue weighted by molar-refractivity contribution is 5.80. The van der Waals surface area contributed by atoms with Crippen LogP contribution in [0.25, 0.3) is 10.9 Å². The van der Waals surface area contributed by atoms with Crippen molar-refractivity contribution in [3.63, 3.8) is 0 Å². The van der Waals surface area contributed by atoms with Gasteiger partial charge in [0.25, 0.3) is 0 Å². The number of para-hydroxylation sites is 1. The number of anilines is 1. The molecule has 2 aromatic rings. The molecule has 0 radical (unpaired) electrons. The van der Waals surface area contributed by atoms with Gasteiger partial charge in [-0.3, -0.25) is 0 Å². The van der Waals surface area contributed by atoms with Crippen LogP contribution >= 0.6 is 0 Å². The van der Waals surface area contributed by atoms with Gasteiger partial charge in [0, 0.05) is 30.6 Å². The largest absolute Gasteiger partial charge is 0.353 e. The number of rotatable bonds is 1. The molecule has 0 saturated carbocycles. The van der Waals surface area contributed by atoms with Crippen LogP contribution in [0, 0.1) is 0 Å². The van der Waals surface area contributed by atoms with Crippen LogP contribution in [-0.4, -0.2) is 30.2 Å². The number of fused-ring (bicyclic) bond motifs is 1. The van der Waals surface area contributed by atoms with E-state index in [1.54, 1.807) is 0 Å². The van der Waals surface area contributed by atoms with E-state index in [2.05, 4.69) is 54.4 Å². The van der Waals surface area contributed by atoms with Gasteiger partial charge >= 0.3 is 0 Å². The molecule has 18 heavy (non-hydrogen) atoms. The van der Waals surface area contributed by atoms with E-state index in [1.165, 1.54) is 5.39 Å². The number of pyridine rings is 1. The summed E-state index contributed by atoms with van der Waals surface area (Å²) in [6.45, 7) is 6.50. The predicted octanol–water partition coefficient (Wildman–Crippen LogP) is 2.42. The van der Waals surface area contributed by atoms with Gasteiger partial charge in [-0.2, -0.15) is 0 Å². The first-order valence-electron chi connectivity index (χ1n) is 6.59. The Hall–Kier alpha value is -1.61. The summed E-state index contributed by atoms with van der Waals surface area (Å²) in [4.78, 5) is 7.14. The molecular formula is C15H19N3. The summed E-state index contributed by atoms with van der Waals surface area (Å²) in [5.41, 5.74) is 1.08. The van der Waals surface area contributed by atoms with Crippen LogP contribution in [0.5, 0.6) is 0 Å². The van der Waals surface area contributed by atoms with Gasteiger partial charge in [0.2, 0.25) is 0 Å². The first-order chi connectivity index (χ1) is 8.72. The summed E-state index contributed by atoms with van der Waals surface area (Å²) in [7, 11) is 0. The lowest BCUT2D eigenvalue weighted by Crippen LogP contribution is -2.54. The van der Waals surface area contributed by atoms with E-state index in [0.29, 0.717) is 12.1 Å². The molecule has 1 aliphatic heterocycles. The smallest absolute Gasteiger partial charge is 0.129 e. The zero-order valence-corrected chi connectivity index (χ0v) is 10.9. The molecule has 1 saturated heterocycles. The number of benzene rings is 1. The topological polar surface area (TPSA) is 28.2 Å². The minimum Gasteiger partial charge on any atom is -0.353 e. The van der Waals surface area contributed by atoms with E-state index in [9.17, 15) is 0 Å². The van der Waals surface area contributed by atoms with Gasteiger partial charge in [-0.15, -0.1) is 0 Å². The molecule has 2 heterocycles. The van der Waals surface area contributed by atoms with E-state index in [0.717, 1.165) is 24.4 Å². The molecule has 1 aromatic heterocycles. The van der Waals surface area contributed by atoms with E-state index in [1.807, 2.05) is 6.07 Å². The van der Waals surface area contributed by atoms with Crippen molar-refractivity contribution in [3.8, 4) is 0 Å². The monoisotopic (exact) mass is 241 g/mol. The summed E-state index contributed by atoms with van der Waals surface area (Å²) in [6, 6.07) is 13.6. The van der Waals surface area contributed by atoms with Crippen molar-refractivity contribution in [1.29, 1.82) is 0 Å². The van der Waals surface area contributed by atoms with Crippen molar-refractivity contribution >= 4 is 16.7 Å². The lowest BCUT2D eigenvalue weighted by atomic mass is 10.1. The maximum atomic E-state index is 4.77. The van der Waals surface area contributed by atoms with E-state index in [4.69, 9.17) is 4.98 Å². The first kappa shape index (κ1) is 11.5. The minimum atomic E-state index is 0.516. The van der Waals surface area contributed by atoms with Crippen molar-refractivity contribution in [2.75, 3.05) is 18.0 Å². The van der Waals surface area contributed by atoms with Gasteiger partial charge in [-0.05, 0) is 32.0 Å². The van der Waals surface area contributed by atoms with Crippen LogP contribution in [-0.2, 0) is 0 Å². The Labute approximate surface area is 108 Å². The fourth-order valence-corrected chi connectivity index (χ4v) is 2.75. The third-order valence-electron chi connectivity index (χ3n) is 3.47. The van der Waals surface area contributed by atoms with Gasteiger partial charge in [0.15, 0.2) is 0 Å². The third-order valence-corrected chi connectivity index (χ3v) is 3.47. The molecule has 0 bridgehead atoms. The number of nitrogens with zero attached hydrogens (tertiary/aromatic N) is 2. The highest BCUT2D eigenvalue weighted by atomic mass is 15.3. The van der Waals surface area contributed by atoms with Crippen LogP contribution in [0.4, 0.5) is 5.82 Å². The van der Waals surface area contributed by atoms with Crippen LogP contribution in [0.2, 0.25) is 0 Å². The lowest BCUT2D eigenvalue weighted by Gasteiger charge is -2.37. The molecule has 0 amide bonds. The molecule has 1 aromatic carbocycles. The molecule has 0 aliphatic carbocycles. The normalized spacial score (nSPS) is 24.4. The van der Waals surface area contributed by atoms with Crippen molar-refractivity contribution in [2.45, 2.75) is 25.9 Å². The molecule has 94 valence electrons. The second-order valence-electron chi connectivity index (χ2n) is 5.24. The maximum absolute atomic E-state index is 4.77. The maximum Gasteiger partial charge on any atom is 0.129 e. The van der Waals surface area contributed by atoms with E-state index in [-0.39, 0.29) is 0 Å². The van der Waals surface area contributed by atoms with Gasteiger partial charge in [0.05, 0.1) is 5.52 Å². The molecule has 3 nitrogen and oxygen atoms in total. The molecule has 1 N–H and O–H groups in total. The van der Waals surface area contributed by atoms with Crippen LogP contribution < -0.4 is 10.2 Å². The summed E-state index contributed by atoms with van der Waals surface area (Å²) >= 11 is 0. The van der Waals surface area contributed by atoms with Crippen LogP contribution in [0.15, 0.2) is 36.4 Å². The second kappa shape index (κ2) is 4.58. The Morgan fingerprint density at radius 1 is 1.06 bits per heavy atom. The van der Waals surface area contributed by atoms with Crippen molar-refractivity contribution in [3.05, 3.63) is 36.4 Å². The SMILES string of the molecule is C[C@@H]1CN(c2ccc3ccccc3n2)C[C@H](C)N1. The molecule has 3 rings (SSSR count). The molecule has 1 aliphatic rings. The van der Waals surface area contributed by atoms with Crippen molar-refractivity contribution in [2.24, 2.45) is 0 Å². The average molecular weight is 241 g/mol. The number of hydrogen-bond acceptors (Lipinski definition) is 3. The first-order valence-corrected chi connectivity index (χ1v) is 6.59. The Kier molecular flexibility index (Phi) is 2.92. The average Bonchev–Trinajstić information content (AvgIpc) is 2.37. The fourth-order valence-electron chi connectivity index (χ4n) is 2.75. The molecule has 0 unspecified atom stereocenters. The summed E-state index contributed by atoms with van der Waals surface area (Å²) in [6.07, 6.45) is 0. The number of nitrogens with one attached hydrogen (secondary N) is 1. The highest BCUT2D eigenvalue weighted by Gasteiger charge is 2.21. The lowest BCUT2D eigenvalue weighted by molar-refractivity contribution is 0.405. The predicted molar refractivity (Wildman–Crippen MR) is 76.0 cm³/mol. The fraction of sp³-hybridized carbons (Fsp3) is 0.400. The Morgan fingerprint density at radius 3 is 2.56 bits per heavy atom. The minimum absolute atomic E-state index is 0.516. The zero-order valence-electron chi connectivity index (χ0n) is 10.9. The number of piperazine rings is 1. The third kappa shape index (κ3) is 2.18. The van der Waals surface area contributed by atoms with Gasteiger partial charge in [-0.1, -0.05) is 18.2 Å².